The average Bonchev–Trinajstić information content (AvgIpc) is 2.53. The first-order chi connectivity index (χ1) is 10.6. The molecule has 0 aliphatic heterocycles. The Hall–Kier alpha value is -2.49. The van der Waals surface area contributed by atoms with Gasteiger partial charge in [0.15, 0.2) is 0 Å². The number of carbonyl (C=O) groups excluding carboxylic acids is 1. The zero-order valence-electron chi connectivity index (χ0n) is 13.1. The van der Waals surface area contributed by atoms with Crippen molar-refractivity contribution in [2.45, 2.75) is 26.8 Å². The van der Waals surface area contributed by atoms with E-state index in [1.54, 1.807) is 18.2 Å². The maximum absolute atomic E-state index is 12.2. The van der Waals surface area contributed by atoms with Crippen LogP contribution in [0.5, 0.6) is 5.75 Å². The van der Waals surface area contributed by atoms with Gasteiger partial charge in [-0.2, -0.15) is 0 Å². The summed E-state index contributed by atoms with van der Waals surface area (Å²) in [4.78, 5) is 12.2. The molecule has 4 heteroatoms. The van der Waals surface area contributed by atoms with E-state index in [1.807, 2.05) is 38.1 Å². The zero-order valence-corrected chi connectivity index (χ0v) is 13.1. The second-order valence-corrected chi connectivity index (χ2v) is 5.27. The number of benzene rings is 2. The highest BCUT2D eigenvalue weighted by atomic mass is 16.5. The van der Waals surface area contributed by atoms with Crippen LogP contribution in [0.1, 0.15) is 34.8 Å². The Bertz CT molecular complexity index is 636. The molecule has 116 valence electrons. The molecule has 1 amide bonds. The van der Waals surface area contributed by atoms with Crippen LogP contribution in [0, 0.1) is 6.92 Å². The molecule has 0 atom stereocenters. The van der Waals surface area contributed by atoms with Crippen LogP contribution in [0.2, 0.25) is 0 Å². The standard InChI is InChI=1S/C18H22N2O2/c1-3-10-22-17-11-15(8-9-16(17)19)18(21)20-12-14-6-4-13(2)5-7-14/h4-9,11H,3,10,12,19H2,1-2H3,(H,20,21). The van der Waals surface area contributed by atoms with Gasteiger partial charge < -0.3 is 15.8 Å². The van der Waals surface area contributed by atoms with Gasteiger partial charge in [-0.15, -0.1) is 0 Å². The minimum Gasteiger partial charge on any atom is -0.491 e. The molecule has 2 rings (SSSR count). The Kier molecular flexibility index (Phi) is 5.42. The number of hydrogen-bond acceptors (Lipinski definition) is 3. The lowest BCUT2D eigenvalue weighted by molar-refractivity contribution is 0.0950. The minimum atomic E-state index is -0.137. The van der Waals surface area contributed by atoms with Crippen LogP contribution in [0.4, 0.5) is 5.69 Å². The Balaban J connectivity index is 2.01. The van der Waals surface area contributed by atoms with Crippen molar-refractivity contribution in [3.05, 3.63) is 59.2 Å². The third-order valence-electron chi connectivity index (χ3n) is 3.31. The van der Waals surface area contributed by atoms with Gasteiger partial charge in [-0.05, 0) is 37.1 Å². The zero-order chi connectivity index (χ0) is 15.9. The van der Waals surface area contributed by atoms with Crippen LogP contribution in [-0.2, 0) is 6.54 Å². The second kappa shape index (κ2) is 7.50. The smallest absolute Gasteiger partial charge is 0.251 e. The Morgan fingerprint density at radius 3 is 2.59 bits per heavy atom. The van der Waals surface area contributed by atoms with Crippen molar-refractivity contribution in [1.29, 1.82) is 0 Å². The monoisotopic (exact) mass is 298 g/mol. The molecule has 22 heavy (non-hydrogen) atoms. The minimum absolute atomic E-state index is 0.137. The van der Waals surface area contributed by atoms with Crippen molar-refractivity contribution >= 4 is 11.6 Å². The van der Waals surface area contributed by atoms with E-state index in [4.69, 9.17) is 10.5 Å². The average molecular weight is 298 g/mol. The third kappa shape index (κ3) is 4.25. The van der Waals surface area contributed by atoms with Crippen LogP contribution in [0.25, 0.3) is 0 Å². The van der Waals surface area contributed by atoms with Crippen LogP contribution < -0.4 is 15.8 Å². The van der Waals surface area contributed by atoms with Gasteiger partial charge in [0.25, 0.3) is 5.91 Å². The SMILES string of the molecule is CCCOc1cc(C(=O)NCc2ccc(C)cc2)ccc1N. The van der Waals surface area contributed by atoms with Crippen molar-refractivity contribution in [2.24, 2.45) is 0 Å². The first-order valence-corrected chi connectivity index (χ1v) is 7.46. The van der Waals surface area contributed by atoms with E-state index < -0.39 is 0 Å². The topological polar surface area (TPSA) is 64.3 Å². The van der Waals surface area contributed by atoms with Crippen LogP contribution in [0.15, 0.2) is 42.5 Å². The Morgan fingerprint density at radius 1 is 1.18 bits per heavy atom. The summed E-state index contributed by atoms with van der Waals surface area (Å²) >= 11 is 0. The number of anilines is 1. The van der Waals surface area contributed by atoms with E-state index in [9.17, 15) is 4.79 Å². The molecule has 0 heterocycles. The van der Waals surface area contributed by atoms with E-state index in [2.05, 4.69) is 5.32 Å². The normalized spacial score (nSPS) is 10.3. The summed E-state index contributed by atoms with van der Waals surface area (Å²) in [6.45, 7) is 5.14. The molecular weight excluding hydrogens is 276 g/mol. The van der Waals surface area contributed by atoms with Crippen molar-refractivity contribution in [3.8, 4) is 5.75 Å². The molecular formula is C18H22N2O2. The number of rotatable bonds is 6. The molecule has 2 aromatic rings. The van der Waals surface area contributed by atoms with E-state index in [1.165, 1.54) is 5.56 Å². The number of nitrogen functional groups attached to an aromatic ring is 1. The maximum atomic E-state index is 12.2. The van der Waals surface area contributed by atoms with Crippen LogP contribution in [-0.4, -0.2) is 12.5 Å². The molecule has 0 aliphatic carbocycles. The van der Waals surface area contributed by atoms with Gasteiger partial charge in [-0.25, -0.2) is 0 Å². The lowest BCUT2D eigenvalue weighted by Gasteiger charge is -2.10. The lowest BCUT2D eigenvalue weighted by Crippen LogP contribution is -2.22. The maximum Gasteiger partial charge on any atom is 0.251 e. The van der Waals surface area contributed by atoms with Gasteiger partial charge in [0, 0.05) is 12.1 Å². The summed E-state index contributed by atoms with van der Waals surface area (Å²) in [7, 11) is 0. The van der Waals surface area contributed by atoms with Gasteiger partial charge in [-0.1, -0.05) is 36.8 Å². The van der Waals surface area contributed by atoms with Crippen molar-refractivity contribution in [2.75, 3.05) is 12.3 Å². The fraction of sp³-hybridized carbons (Fsp3) is 0.278. The highest BCUT2D eigenvalue weighted by Crippen LogP contribution is 2.23. The van der Waals surface area contributed by atoms with Crippen molar-refractivity contribution < 1.29 is 9.53 Å². The number of hydrogen-bond donors (Lipinski definition) is 2. The van der Waals surface area contributed by atoms with Crippen LogP contribution in [0.3, 0.4) is 0 Å². The molecule has 0 unspecified atom stereocenters. The Morgan fingerprint density at radius 2 is 1.91 bits per heavy atom. The largest absolute Gasteiger partial charge is 0.491 e. The highest BCUT2D eigenvalue weighted by Gasteiger charge is 2.09. The van der Waals surface area contributed by atoms with Gasteiger partial charge in [0.1, 0.15) is 5.75 Å². The second-order valence-electron chi connectivity index (χ2n) is 5.27. The highest BCUT2D eigenvalue weighted by molar-refractivity contribution is 5.95. The molecule has 0 aliphatic rings. The van der Waals surface area contributed by atoms with E-state index in [-0.39, 0.29) is 5.91 Å². The fourth-order valence-corrected chi connectivity index (χ4v) is 2.00. The summed E-state index contributed by atoms with van der Waals surface area (Å²) in [5.74, 6) is 0.423. The number of aryl methyl sites for hydroxylation is 1. The van der Waals surface area contributed by atoms with Gasteiger partial charge >= 0.3 is 0 Å². The molecule has 0 aromatic heterocycles. The van der Waals surface area contributed by atoms with Crippen LogP contribution >= 0.6 is 0 Å². The first-order valence-electron chi connectivity index (χ1n) is 7.46. The number of carbonyl (C=O) groups is 1. The molecule has 0 saturated heterocycles. The number of amides is 1. The number of nitrogens with two attached hydrogens (primary N) is 1. The molecule has 3 N–H and O–H groups in total. The molecule has 0 saturated carbocycles. The Labute approximate surface area is 131 Å². The molecule has 2 aromatic carbocycles. The molecule has 0 radical (unpaired) electrons. The first kappa shape index (κ1) is 15.9. The predicted molar refractivity (Wildman–Crippen MR) is 89.0 cm³/mol. The van der Waals surface area contributed by atoms with Gasteiger partial charge in [-0.3, -0.25) is 4.79 Å². The summed E-state index contributed by atoms with van der Waals surface area (Å²) < 4.78 is 5.55. The molecule has 4 nitrogen and oxygen atoms in total. The van der Waals surface area contributed by atoms with Crippen molar-refractivity contribution in [3.63, 3.8) is 0 Å². The van der Waals surface area contributed by atoms with E-state index in [0.717, 1.165) is 12.0 Å². The van der Waals surface area contributed by atoms with E-state index in [0.29, 0.717) is 30.2 Å². The quantitative estimate of drug-likeness (QED) is 0.804. The fourth-order valence-electron chi connectivity index (χ4n) is 2.00. The van der Waals surface area contributed by atoms with Gasteiger partial charge in [0.05, 0.1) is 12.3 Å². The summed E-state index contributed by atoms with van der Waals surface area (Å²) in [5, 5.41) is 2.90. The molecule has 0 fully saturated rings. The summed E-state index contributed by atoms with van der Waals surface area (Å²) in [6.07, 6.45) is 0.892. The molecule has 0 spiro atoms. The predicted octanol–water partition coefficient (Wildman–Crippen LogP) is 3.30. The number of ether oxygens (including phenoxy) is 1. The van der Waals surface area contributed by atoms with Crippen molar-refractivity contribution in [1.82, 2.24) is 5.32 Å². The van der Waals surface area contributed by atoms with E-state index >= 15 is 0 Å². The summed E-state index contributed by atoms with van der Waals surface area (Å²) in [5.41, 5.74) is 9.21. The number of nitrogens with one attached hydrogen (secondary N) is 1. The van der Waals surface area contributed by atoms with Gasteiger partial charge in [0.2, 0.25) is 0 Å². The third-order valence-corrected chi connectivity index (χ3v) is 3.31. The summed E-state index contributed by atoms with van der Waals surface area (Å²) in [6, 6.07) is 13.2. The molecule has 0 bridgehead atoms. The lowest BCUT2D eigenvalue weighted by atomic mass is 10.1.